The van der Waals surface area contributed by atoms with Crippen LogP contribution in [0.5, 0.6) is 0 Å². The van der Waals surface area contributed by atoms with Gasteiger partial charge in [0.25, 0.3) is 0 Å². The summed E-state index contributed by atoms with van der Waals surface area (Å²) in [6, 6.07) is 9.96. The average molecular weight is 273 g/mol. The van der Waals surface area contributed by atoms with Crippen LogP contribution in [-0.2, 0) is 11.2 Å². The third kappa shape index (κ3) is 4.06. The zero-order chi connectivity index (χ0) is 13.5. The van der Waals surface area contributed by atoms with Gasteiger partial charge >= 0.3 is 0 Å². The molecule has 0 unspecified atom stereocenters. The molecule has 0 aliphatic heterocycles. The first-order chi connectivity index (χ1) is 9.29. The number of carbonyl (C=O) groups excluding carboxylic acids is 1. The molecular weight excluding hydrogens is 258 g/mol. The predicted octanol–water partition coefficient (Wildman–Crippen LogP) is 1.93. The minimum Gasteiger partial charge on any atom is -0.358 e. The molecule has 4 nitrogen and oxygen atoms in total. The van der Waals surface area contributed by atoms with Crippen LogP contribution in [0.4, 0.5) is 0 Å². The maximum Gasteiger partial charge on any atom is 0.233 e. The normalized spacial score (nSPS) is 11.8. The summed E-state index contributed by atoms with van der Waals surface area (Å²) in [5.74, 6) is -0.000457. The Bertz CT molecular complexity index is 477. The van der Waals surface area contributed by atoms with E-state index in [-0.39, 0.29) is 11.2 Å². The highest BCUT2D eigenvalue weighted by Gasteiger charge is 2.19. The van der Waals surface area contributed by atoms with Crippen LogP contribution in [0.1, 0.15) is 5.56 Å². The van der Waals surface area contributed by atoms with Crippen molar-refractivity contribution in [3.8, 4) is 0 Å². The van der Waals surface area contributed by atoms with E-state index < -0.39 is 0 Å². The second-order valence-electron chi connectivity index (χ2n) is 3.95. The number of nitrogens with zero attached hydrogens (tertiary/aromatic N) is 2. The van der Waals surface area contributed by atoms with Gasteiger partial charge in [0, 0.05) is 19.4 Å². The van der Waals surface area contributed by atoms with E-state index in [9.17, 15) is 4.79 Å². The molecule has 5 heteroatoms. The highest BCUT2D eigenvalue weighted by atomic mass is 32.2. The second kappa shape index (κ2) is 6.89. The predicted molar refractivity (Wildman–Crippen MR) is 75.9 cm³/mol. The molecule has 1 aromatic carbocycles. The summed E-state index contributed by atoms with van der Waals surface area (Å²) in [5, 5.41) is 3.25. The monoisotopic (exact) mass is 273 g/mol. The fraction of sp³-hybridized carbons (Fsp3) is 0.214. The first kappa shape index (κ1) is 13.5. The minimum atomic E-state index is -0.205. The number of aromatic nitrogens is 2. The Hall–Kier alpha value is -1.88. The van der Waals surface area contributed by atoms with E-state index in [0.717, 1.165) is 10.6 Å². The number of rotatable bonds is 5. The lowest BCUT2D eigenvalue weighted by Gasteiger charge is -2.14. The van der Waals surface area contributed by atoms with Crippen LogP contribution in [0.3, 0.4) is 0 Å². The molecule has 0 aliphatic carbocycles. The summed E-state index contributed by atoms with van der Waals surface area (Å²) in [6.45, 7) is 0. The summed E-state index contributed by atoms with van der Waals surface area (Å²) in [6.07, 6.45) is 5.59. The average Bonchev–Trinajstić information content (AvgIpc) is 2.48. The molecule has 0 saturated carbocycles. The van der Waals surface area contributed by atoms with Gasteiger partial charge in [-0.25, -0.2) is 4.98 Å². The number of thioether (sulfide) groups is 1. The van der Waals surface area contributed by atoms with Crippen LogP contribution in [-0.4, -0.2) is 28.2 Å². The quantitative estimate of drug-likeness (QED) is 0.846. The lowest BCUT2D eigenvalue weighted by atomic mass is 10.1. The summed E-state index contributed by atoms with van der Waals surface area (Å²) in [4.78, 5) is 20.2. The molecule has 1 N–H and O–H groups in total. The first-order valence-corrected chi connectivity index (χ1v) is 6.85. The van der Waals surface area contributed by atoms with Crippen LogP contribution in [0.25, 0.3) is 0 Å². The molecule has 19 heavy (non-hydrogen) atoms. The van der Waals surface area contributed by atoms with Gasteiger partial charge in [-0.2, -0.15) is 0 Å². The van der Waals surface area contributed by atoms with Gasteiger partial charge < -0.3 is 5.32 Å². The van der Waals surface area contributed by atoms with Gasteiger partial charge in [0.2, 0.25) is 5.91 Å². The van der Waals surface area contributed by atoms with Crippen molar-refractivity contribution < 1.29 is 4.79 Å². The van der Waals surface area contributed by atoms with Crippen molar-refractivity contribution in [2.45, 2.75) is 16.7 Å². The molecule has 1 heterocycles. The standard InChI is InChI=1S/C14H15N3OS/c1-15-14(18)12(9-11-5-3-2-4-6-11)19-13-10-16-7-8-17-13/h2-8,10,12H,9H2,1H3,(H,15,18)/t12-/m1/s1. The van der Waals surface area contributed by atoms with Gasteiger partial charge in [-0.3, -0.25) is 9.78 Å². The largest absolute Gasteiger partial charge is 0.358 e. The van der Waals surface area contributed by atoms with E-state index in [2.05, 4.69) is 15.3 Å². The van der Waals surface area contributed by atoms with Gasteiger partial charge in [-0.05, 0) is 12.0 Å². The van der Waals surface area contributed by atoms with Crippen LogP contribution < -0.4 is 5.32 Å². The first-order valence-electron chi connectivity index (χ1n) is 5.98. The summed E-state index contributed by atoms with van der Waals surface area (Å²) in [7, 11) is 1.65. The van der Waals surface area contributed by atoms with Crippen molar-refractivity contribution in [1.82, 2.24) is 15.3 Å². The van der Waals surface area contributed by atoms with E-state index in [0.29, 0.717) is 6.42 Å². The van der Waals surface area contributed by atoms with Crippen molar-refractivity contribution in [3.63, 3.8) is 0 Å². The zero-order valence-corrected chi connectivity index (χ0v) is 11.4. The Morgan fingerprint density at radius 3 is 2.74 bits per heavy atom. The molecule has 98 valence electrons. The Morgan fingerprint density at radius 2 is 2.11 bits per heavy atom. The minimum absolute atomic E-state index is 0.000457. The maximum atomic E-state index is 11.9. The summed E-state index contributed by atoms with van der Waals surface area (Å²) >= 11 is 1.43. The van der Waals surface area contributed by atoms with Crippen molar-refractivity contribution >= 4 is 17.7 Å². The van der Waals surface area contributed by atoms with Gasteiger partial charge in [0.1, 0.15) is 5.03 Å². The summed E-state index contributed by atoms with van der Waals surface area (Å²) < 4.78 is 0. The fourth-order valence-electron chi connectivity index (χ4n) is 1.67. The van der Waals surface area contributed by atoms with Crippen molar-refractivity contribution in [2.24, 2.45) is 0 Å². The van der Waals surface area contributed by atoms with Crippen LogP contribution in [0.2, 0.25) is 0 Å². The van der Waals surface area contributed by atoms with Gasteiger partial charge in [-0.15, -0.1) is 0 Å². The second-order valence-corrected chi connectivity index (χ2v) is 5.18. The van der Waals surface area contributed by atoms with E-state index in [1.165, 1.54) is 11.8 Å². The Labute approximate surface area is 116 Å². The van der Waals surface area contributed by atoms with Crippen molar-refractivity contribution in [2.75, 3.05) is 7.05 Å². The SMILES string of the molecule is CNC(=O)[C@@H](Cc1ccccc1)Sc1cnccn1. The molecule has 0 fully saturated rings. The van der Waals surface area contributed by atoms with Crippen LogP contribution in [0, 0.1) is 0 Å². The van der Waals surface area contributed by atoms with E-state index in [4.69, 9.17) is 0 Å². The molecular formula is C14H15N3OS. The van der Waals surface area contributed by atoms with E-state index in [1.807, 2.05) is 30.3 Å². The van der Waals surface area contributed by atoms with Crippen molar-refractivity contribution in [1.29, 1.82) is 0 Å². The van der Waals surface area contributed by atoms with E-state index in [1.54, 1.807) is 25.6 Å². The number of hydrogen-bond acceptors (Lipinski definition) is 4. The van der Waals surface area contributed by atoms with Crippen LogP contribution in [0.15, 0.2) is 53.9 Å². The molecule has 1 atom stereocenters. The number of benzene rings is 1. The van der Waals surface area contributed by atoms with Crippen molar-refractivity contribution in [3.05, 3.63) is 54.5 Å². The number of hydrogen-bond donors (Lipinski definition) is 1. The lowest BCUT2D eigenvalue weighted by Crippen LogP contribution is -2.31. The molecule has 2 aromatic rings. The molecule has 0 aliphatic rings. The maximum absolute atomic E-state index is 11.9. The highest BCUT2D eigenvalue weighted by molar-refractivity contribution is 8.00. The molecule has 0 bridgehead atoms. The number of amides is 1. The fourth-order valence-corrected chi connectivity index (χ4v) is 2.70. The molecule has 0 spiro atoms. The molecule has 0 saturated heterocycles. The molecule has 1 amide bonds. The molecule has 1 aromatic heterocycles. The highest BCUT2D eigenvalue weighted by Crippen LogP contribution is 2.23. The van der Waals surface area contributed by atoms with Crippen LogP contribution >= 0.6 is 11.8 Å². The topological polar surface area (TPSA) is 54.9 Å². The molecule has 2 rings (SSSR count). The van der Waals surface area contributed by atoms with Gasteiger partial charge in [0.05, 0.1) is 11.4 Å². The Morgan fingerprint density at radius 1 is 1.32 bits per heavy atom. The zero-order valence-electron chi connectivity index (χ0n) is 10.6. The summed E-state index contributed by atoms with van der Waals surface area (Å²) in [5.41, 5.74) is 1.13. The smallest absolute Gasteiger partial charge is 0.233 e. The molecule has 0 radical (unpaired) electrons. The Balaban J connectivity index is 2.10. The number of carbonyl (C=O) groups is 1. The third-order valence-electron chi connectivity index (χ3n) is 2.61. The van der Waals surface area contributed by atoms with E-state index >= 15 is 0 Å². The lowest BCUT2D eigenvalue weighted by molar-refractivity contribution is -0.120. The van der Waals surface area contributed by atoms with Gasteiger partial charge in [-0.1, -0.05) is 42.1 Å². The third-order valence-corrected chi connectivity index (χ3v) is 3.72. The Kier molecular flexibility index (Phi) is 4.92. The van der Waals surface area contributed by atoms with Gasteiger partial charge in [0.15, 0.2) is 0 Å². The number of nitrogens with one attached hydrogen (secondary N) is 1.